The van der Waals surface area contributed by atoms with Crippen molar-refractivity contribution in [3.8, 4) is 0 Å². The lowest BCUT2D eigenvalue weighted by molar-refractivity contribution is -0.129. The summed E-state index contributed by atoms with van der Waals surface area (Å²) < 4.78 is 26.8. The SMILES string of the molecule is CS(=O)(=O)N=CC1CCC(Cc2cccc(Br)c2)(C(N)=O)CC1. The molecule has 1 aliphatic carbocycles. The Labute approximate surface area is 145 Å². The average Bonchev–Trinajstić information content (AvgIpc) is 2.45. The van der Waals surface area contributed by atoms with Gasteiger partial charge in [-0.2, -0.15) is 4.40 Å². The van der Waals surface area contributed by atoms with Gasteiger partial charge in [-0.1, -0.05) is 28.1 Å². The summed E-state index contributed by atoms with van der Waals surface area (Å²) >= 11 is 3.44. The molecule has 0 heterocycles. The number of nitrogens with zero attached hydrogens (tertiary/aromatic N) is 1. The second-order valence-electron chi connectivity index (χ2n) is 6.28. The van der Waals surface area contributed by atoms with Gasteiger partial charge in [0.05, 0.1) is 11.7 Å². The predicted molar refractivity (Wildman–Crippen MR) is 94.8 cm³/mol. The molecule has 0 unspecified atom stereocenters. The van der Waals surface area contributed by atoms with Crippen LogP contribution in [0.4, 0.5) is 0 Å². The van der Waals surface area contributed by atoms with Gasteiger partial charge in [0.2, 0.25) is 15.9 Å². The molecule has 23 heavy (non-hydrogen) atoms. The molecule has 0 aliphatic heterocycles. The maximum absolute atomic E-state index is 12.1. The second kappa shape index (κ2) is 7.13. The van der Waals surface area contributed by atoms with Crippen LogP contribution in [-0.2, 0) is 21.2 Å². The molecule has 2 N–H and O–H groups in total. The zero-order valence-corrected chi connectivity index (χ0v) is 15.4. The molecule has 0 spiro atoms. The second-order valence-corrected chi connectivity index (χ2v) is 8.87. The number of benzene rings is 1. The van der Waals surface area contributed by atoms with Crippen molar-refractivity contribution in [2.45, 2.75) is 32.1 Å². The minimum atomic E-state index is -3.35. The van der Waals surface area contributed by atoms with E-state index in [1.54, 1.807) is 0 Å². The van der Waals surface area contributed by atoms with Crippen LogP contribution in [0, 0.1) is 11.3 Å². The summed E-state index contributed by atoms with van der Waals surface area (Å²) in [7, 11) is -3.35. The fourth-order valence-corrected chi connectivity index (χ4v) is 3.93. The van der Waals surface area contributed by atoms with Gasteiger partial charge in [-0.15, -0.1) is 0 Å². The molecule has 2 rings (SSSR count). The van der Waals surface area contributed by atoms with E-state index < -0.39 is 15.4 Å². The standard InChI is InChI=1S/C16H21BrN2O3S/c1-23(21,22)19-11-12-5-7-16(8-6-12,15(18)20)10-13-3-2-4-14(17)9-13/h2-4,9,11-12H,5-8,10H2,1H3,(H2,18,20). The molecular formula is C16H21BrN2O3S. The Morgan fingerprint density at radius 1 is 1.43 bits per heavy atom. The molecule has 1 aromatic rings. The number of carbonyl (C=O) groups is 1. The monoisotopic (exact) mass is 400 g/mol. The summed E-state index contributed by atoms with van der Waals surface area (Å²) in [6, 6.07) is 7.88. The number of hydrogen-bond acceptors (Lipinski definition) is 3. The molecule has 0 atom stereocenters. The molecule has 1 amide bonds. The molecule has 0 bridgehead atoms. The molecule has 1 fully saturated rings. The zero-order valence-electron chi connectivity index (χ0n) is 13.0. The smallest absolute Gasteiger partial charge is 0.249 e. The van der Waals surface area contributed by atoms with Crippen LogP contribution in [0.1, 0.15) is 31.2 Å². The maximum Gasteiger partial charge on any atom is 0.249 e. The van der Waals surface area contributed by atoms with E-state index in [1.165, 1.54) is 6.21 Å². The van der Waals surface area contributed by atoms with Gasteiger partial charge >= 0.3 is 0 Å². The first kappa shape index (κ1) is 18.1. The number of primary amides is 1. The number of rotatable bonds is 5. The van der Waals surface area contributed by atoms with Gasteiger partial charge in [0.15, 0.2) is 0 Å². The highest BCUT2D eigenvalue weighted by molar-refractivity contribution is 9.10. The molecule has 1 saturated carbocycles. The first-order chi connectivity index (χ1) is 10.7. The van der Waals surface area contributed by atoms with Crippen LogP contribution in [-0.4, -0.2) is 26.8 Å². The Morgan fingerprint density at radius 3 is 2.61 bits per heavy atom. The zero-order chi connectivity index (χ0) is 17.1. The van der Waals surface area contributed by atoms with Crippen LogP contribution < -0.4 is 5.73 Å². The number of hydrogen-bond donors (Lipinski definition) is 1. The summed E-state index contributed by atoms with van der Waals surface area (Å²) in [5.41, 5.74) is 6.21. The Balaban J connectivity index is 2.10. The van der Waals surface area contributed by atoms with E-state index in [0.29, 0.717) is 19.3 Å². The third kappa shape index (κ3) is 5.14. The lowest BCUT2D eigenvalue weighted by atomic mass is 9.67. The molecule has 1 aliphatic rings. The number of carbonyl (C=O) groups excluding carboxylic acids is 1. The van der Waals surface area contributed by atoms with E-state index in [-0.39, 0.29) is 11.8 Å². The van der Waals surface area contributed by atoms with Crippen molar-refractivity contribution in [2.24, 2.45) is 21.5 Å². The third-order valence-corrected chi connectivity index (χ3v) is 5.40. The highest BCUT2D eigenvalue weighted by atomic mass is 79.9. The molecule has 7 heteroatoms. The molecule has 0 saturated heterocycles. The number of sulfonamides is 1. The van der Waals surface area contributed by atoms with E-state index in [9.17, 15) is 13.2 Å². The maximum atomic E-state index is 12.1. The van der Waals surface area contributed by atoms with Gasteiger partial charge in [-0.3, -0.25) is 4.79 Å². The van der Waals surface area contributed by atoms with Gasteiger partial charge in [0, 0.05) is 10.7 Å². The molecule has 0 radical (unpaired) electrons. The largest absolute Gasteiger partial charge is 0.369 e. The van der Waals surface area contributed by atoms with E-state index in [2.05, 4.69) is 20.3 Å². The summed E-state index contributed by atoms with van der Waals surface area (Å²) in [6.45, 7) is 0. The summed E-state index contributed by atoms with van der Waals surface area (Å²) in [6.07, 6.45) is 5.92. The van der Waals surface area contributed by atoms with Crippen LogP contribution in [0.25, 0.3) is 0 Å². The quantitative estimate of drug-likeness (QED) is 0.770. The van der Waals surface area contributed by atoms with Gasteiger partial charge in [-0.25, -0.2) is 8.42 Å². The lowest BCUT2D eigenvalue weighted by Crippen LogP contribution is -2.42. The normalized spacial score (nSPS) is 25.6. The van der Waals surface area contributed by atoms with Gasteiger partial charge < -0.3 is 5.73 Å². The van der Waals surface area contributed by atoms with E-state index in [0.717, 1.165) is 29.1 Å². The summed E-state index contributed by atoms with van der Waals surface area (Å²) in [5.74, 6) is -0.198. The third-order valence-electron chi connectivity index (χ3n) is 4.40. The van der Waals surface area contributed by atoms with E-state index in [1.807, 2.05) is 24.3 Å². The van der Waals surface area contributed by atoms with E-state index >= 15 is 0 Å². The van der Waals surface area contributed by atoms with Crippen molar-refractivity contribution in [3.05, 3.63) is 34.3 Å². The fraction of sp³-hybridized carbons (Fsp3) is 0.500. The highest BCUT2D eigenvalue weighted by Crippen LogP contribution is 2.41. The number of amides is 1. The Morgan fingerprint density at radius 2 is 2.09 bits per heavy atom. The first-order valence-electron chi connectivity index (χ1n) is 7.50. The van der Waals surface area contributed by atoms with Crippen LogP contribution >= 0.6 is 15.9 Å². The average molecular weight is 401 g/mol. The first-order valence-corrected chi connectivity index (χ1v) is 10.1. The van der Waals surface area contributed by atoms with Gasteiger partial charge in [0.1, 0.15) is 0 Å². The van der Waals surface area contributed by atoms with Crippen molar-refractivity contribution < 1.29 is 13.2 Å². The summed E-state index contributed by atoms with van der Waals surface area (Å²) in [5, 5.41) is 0. The van der Waals surface area contributed by atoms with E-state index in [4.69, 9.17) is 5.73 Å². The number of halogens is 1. The molecule has 126 valence electrons. The van der Waals surface area contributed by atoms with Crippen molar-refractivity contribution in [3.63, 3.8) is 0 Å². The highest BCUT2D eigenvalue weighted by Gasteiger charge is 2.40. The summed E-state index contributed by atoms with van der Waals surface area (Å²) in [4.78, 5) is 12.1. The molecular weight excluding hydrogens is 380 g/mol. The van der Waals surface area contributed by atoms with Crippen LogP contribution in [0.15, 0.2) is 33.1 Å². The van der Waals surface area contributed by atoms with Crippen molar-refractivity contribution >= 4 is 38.1 Å². The lowest BCUT2D eigenvalue weighted by Gasteiger charge is -2.37. The van der Waals surface area contributed by atoms with Gasteiger partial charge in [-0.05, 0) is 55.7 Å². The Bertz CT molecular complexity index is 708. The predicted octanol–water partition coefficient (Wildman–Crippen LogP) is 2.68. The Hall–Kier alpha value is -1.21. The minimum absolute atomic E-state index is 0.0831. The molecule has 0 aromatic heterocycles. The topological polar surface area (TPSA) is 89.6 Å². The molecule has 5 nitrogen and oxygen atoms in total. The van der Waals surface area contributed by atoms with Crippen LogP contribution in [0.5, 0.6) is 0 Å². The van der Waals surface area contributed by atoms with Crippen molar-refractivity contribution in [1.29, 1.82) is 0 Å². The van der Waals surface area contributed by atoms with Crippen molar-refractivity contribution in [1.82, 2.24) is 0 Å². The minimum Gasteiger partial charge on any atom is -0.369 e. The Kier molecular flexibility index (Phi) is 5.62. The van der Waals surface area contributed by atoms with Crippen LogP contribution in [0.3, 0.4) is 0 Å². The number of nitrogens with two attached hydrogens (primary N) is 1. The fourth-order valence-electron chi connectivity index (χ4n) is 3.09. The van der Waals surface area contributed by atoms with Crippen molar-refractivity contribution in [2.75, 3.05) is 6.26 Å². The van der Waals surface area contributed by atoms with Gasteiger partial charge in [0.25, 0.3) is 0 Å². The molecule has 1 aromatic carbocycles. The van der Waals surface area contributed by atoms with Crippen LogP contribution in [0.2, 0.25) is 0 Å².